The molecule has 25 heavy (non-hydrogen) atoms. The van der Waals surface area contributed by atoms with Gasteiger partial charge in [-0.1, -0.05) is 41.6 Å². The van der Waals surface area contributed by atoms with Gasteiger partial charge in [0, 0.05) is 5.31 Å². The molecule has 1 aromatic rings. The first-order chi connectivity index (χ1) is 11.4. The minimum Gasteiger partial charge on any atom is -0.496 e. The van der Waals surface area contributed by atoms with Crippen LogP contribution in [0.2, 0.25) is 0 Å². The van der Waals surface area contributed by atoms with E-state index in [0.717, 1.165) is 28.6 Å². The molecule has 0 N–H and O–H groups in total. The van der Waals surface area contributed by atoms with Crippen molar-refractivity contribution in [3.63, 3.8) is 0 Å². The molecule has 1 aliphatic heterocycles. The van der Waals surface area contributed by atoms with Crippen molar-refractivity contribution in [1.29, 1.82) is 0 Å². The van der Waals surface area contributed by atoms with Crippen molar-refractivity contribution in [2.75, 3.05) is 7.11 Å². The predicted molar refractivity (Wildman–Crippen MR) is 108 cm³/mol. The molecule has 2 rings (SSSR count). The third-order valence-electron chi connectivity index (χ3n) is 5.66. The Labute approximate surface area is 161 Å². The zero-order valence-electron chi connectivity index (χ0n) is 16.5. The molecule has 1 saturated heterocycles. The van der Waals surface area contributed by atoms with E-state index in [4.69, 9.17) is 14.0 Å². The number of hydrogen-bond donors (Lipinski definition) is 0. The maximum Gasteiger partial charge on any atom is 0.469 e. The molecule has 138 valence electrons. The summed E-state index contributed by atoms with van der Waals surface area (Å²) < 4.78 is 19.5. The molecule has 1 unspecified atom stereocenters. The highest BCUT2D eigenvalue weighted by atomic mass is 79.9. The highest BCUT2D eigenvalue weighted by molar-refractivity contribution is 9.11. The molecule has 5 heteroatoms. The molecular formula is C20H30BBrO3. The molecule has 0 radical (unpaired) electrons. The lowest BCUT2D eigenvalue weighted by Gasteiger charge is -2.33. The Morgan fingerprint density at radius 1 is 1.24 bits per heavy atom. The molecule has 0 amide bonds. The van der Waals surface area contributed by atoms with E-state index in [9.17, 15) is 0 Å². The van der Waals surface area contributed by atoms with E-state index in [2.05, 4.69) is 82.3 Å². The molecule has 0 spiro atoms. The first-order valence-electron chi connectivity index (χ1n) is 8.77. The Bertz CT molecular complexity index is 640. The number of halogens is 1. The lowest BCUT2D eigenvalue weighted by atomic mass is 9.52. The van der Waals surface area contributed by atoms with Crippen LogP contribution in [0.5, 0.6) is 5.75 Å². The van der Waals surface area contributed by atoms with E-state index in [0.29, 0.717) is 0 Å². The van der Waals surface area contributed by atoms with Crippen LogP contribution in [0.25, 0.3) is 0 Å². The van der Waals surface area contributed by atoms with Gasteiger partial charge in [-0.15, -0.1) is 0 Å². The number of allylic oxidation sites excluding steroid dienone is 1. The summed E-state index contributed by atoms with van der Waals surface area (Å²) in [4.78, 5) is 0. The summed E-state index contributed by atoms with van der Waals surface area (Å²) in [6.07, 6.45) is 1.67. The number of benzene rings is 1. The number of rotatable bonds is 6. The van der Waals surface area contributed by atoms with Crippen molar-refractivity contribution in [2.45, 2.75) is 70.9 Å². The maximum absolute atomic E-state index is 6.42. The summed E-state index contributed by atoms with van der Waals surface area (Å²) in [5, 5.41) is -0.360. The summed E-state index contributed by atoms with van der Waals surface area (Å²) in [6, 6.07) is 6.32. The van der Waals surface area contributed by atoms with Crippen LogP contribution in [0.3, 0.4) is 0 Å². The lowest BCUT2D eigenvalue weighted by molar-refractivity contribution is 0.00578. The van der Waals surface area contributed by atoms with Crippen LogP contribution >= 0.6 is 15.9 Å². The molecule has 1 atom stereocenters. The van der Waals surface area contributed by atoms with E-state index < -0.39 is 0 Å². The Morgan fingerprint density at radius 3 is 2.28 bits per heavy atom. The Kier molecular flexibility index (Phi) is 5.82. The van der Waals surface area contributed by atoms with Gasteiger partial charge in [0.15, 0.2) is 0 Å². The Balaban J connectivity index is 2.51. The number of methoxy groups -OCH3 is 1. The van der Waals surface area contributed by atoms with Gasteiger partial charge in [-0.2, -0.15) is 0 Å². The van der Waals surface area contributed by atoms with Gasteiger partial charge in [0.05, 0.1) is 18.3 Å². The number of hydrogen-bond acceptors (Lipinski definition) is 3. The second-order valence-electron chi connectivity index (χ2n) is 8.23. The molecule has 1 fully saturated rings. The molecule has 0 saturated carbocycles. The third kappa shape index (κ3) is 3.99. The quantitative estimate of drug-likeness (QED) is 0.574. The van der Waals surface area contributed by atoms with Gasteiger partial charge in [0.1, 0.15) is 5.75 Å². The van der Waals surface area contributed by atoms with Gasteiger partial charge in [-0.3, -0.25) is 0 Å². The van der Waals surface area contributed by atoms with Crippen LogP contribution in [0.15, 0.2) is 29.3 Å². The predicted octanol–water partition coefficient (Wildman–Crippen LogP) is 5.58. The van der Waals surface area contributed by atoms with E-state index in [1.807, 2.05) is 0 Å². The average molecular weight is 409 g/mol. The molecule has 1 aliphatic rings. The number of ether oxygens (including phenoxy) is 1. The largest absolute Gasteiger partial charge is 0.496 e. The first kappa shape index (κ1) is 20.5. The second-order valence-corrected chi connectivity index (χ2v) is 9.35. The van der Waals surface area contributed by atoms with Gasteiger partial charge in [0.2, 0.25) is 0 Å². The normalized spacial score (nSPS) is 21.0. The lowest BCUT2D eigenvalue weighted by Crippen LogP contribution is -2.44. The molecule has 1 heterocycles. The summed E-state index contributed by atoms with van der Waals surface area (Å²) in [7, 11) is 1.35. The SMILES string of the molecule is C=C(Br)CCC(C)(B1OC(C)(C)C(C)(C)O1)c1ccc(C)cc1OC. The molecule has 0 aromatic heterocycles. The standard InChI is InChI=1S/C20H30BBrO3/c1-14-9-10-16(17(13-14)23-8)20(7,12-11-15(2)22)21-24-18(3,4)19(5,6)25-21/h9-10,13H,2,11-12H2,1,3-8H3. The molecule has 0 bridgehead atoms. The highest BCUT2D eigenvalue weighted by Gasteiger charge is 2.58. The van der Waals surface area contributed by atoms with Gasteiger partial charge in [0.25, 0.3) is 0 Å². The van der Waals surface area contributed by atoms with Crippen molar-refractivity contribution < 1.29 is 14.0 Å². The van der Waals surface area contributed by atoms with Gasteiger partial charge >= 0.3 is 7.12 Å². The van der Waals surface area contributed by atoms with Crippen molar-refractivity contribution in [3.8, 4) is 5.75 Å². The zero-order chi connectivity index (χ0) is 19.0. The van der Waals surface area contributed by atoms with Crippen LogP contribution in [0.1, 0.15) is 58.6 Å². The summed E-state index contributed by atoms with van der Waals surface area (Å²) in [5.74, 6) is 0.873. The van der Waals surface area contributed by atoms with Crippen molar-refractivity contribution >= 4 is 23.0 Å². The molecular weight excluding hydrogens is 379 g/mol. The van der Waals surface area contributed by atoms with Crippen molar-refractivity contribution in [3.05, 3.63) is 40.4 Å². The zero-order valence-corrected chi connectivity index (χ0v) is 18.1. The monoisotopic (exact) mass is 408 g/mol. The van der Waals surface area contributed by atoms with Crippen molar-refractivity contribution in [1.82, 2.24) is 0 Å². The Hall–Kier alpha value is -0.775. The third-order valence-corrected chi connectivity index (χ3v) is 6.06. The highest BCUT2D eigenvalue weighted by Crippen LogP contribution is 2.47. The fourth-order valence-electron chi connectivity index (χ4n) is 3.15. The summed E-state index contributed by atoms with van der Waals surface area (Å²) in [5.41, 5.74) is 1.53. The average Bonchev–Trinajstić information content (AvgIpc) is 2.73. The molecule has 3 nitrogen and oxygen atoms in total. The van der Waals surface area contributed by atoms with Gasteiger partial charge < -0.3 is 14.0 Å². The summed E-state index contributed by atoms with van der Waals surface area (Å²) in [6.45, 7) is 16.6. The van der Waals surface area contributed by atoms with Crippen LogP contribution in [0, 0.1) is 6.92 Å². The van der Waals surface area contributed by atoms with E-state index in [-0.39, 0.29) is 23.6 Å². The smallest absolute Gasteiger partial charge is 0.469 e. The maximum atomic E-state index is 6.42. The fourth-order valence-corrected chi connectivity index (χ4v) is 3.35. The van der Waals surface area contributed by atoms with Crippen LogP contribution in [-0.2, 0) is 14.6 Å². The van der Waals surface area contributed by atoms with E-state index in [1.54, 1.807) is 7.11 Å². The minimum atomic E-state index is -0.373. The van der Waals surface area contributed by atoms with Crippen LogP contribution in [-0.4, -0.2) is 25.4 Å². The van der Waals surface area contributed by atoms with E-state index >= 15 is 0 Å². The van der Waals surface area contributed by atoms with Gasteiger partial charge in [-0.25, -0.2) is 0 Å². The van der Waals surface area contributed by atoms with Crippen molar-refractivity contribution in [2.24, 2.45) is 0 Å². The molecule has 1 aromatic carbocycles. The molecule has 0 aliphatic carbocycles. The minimum absolute atomic E-state index is 0.360. The van der Waals surface area contributed by atoms with Crippen LogP contribution < -0.4 is 4.74 Å². The van der Waals surface area contributed by atoms with E-state index in [1.165, 1.54) is 5.56 Å². The van der Waals surface area contributed by atoms with Crippen LogP contribution in [0.4, 0.5) is 0 Å². The second kappa shape index (κ2) is 7.09. The summed E-state index contributed by atoms with van der Waals surface area (Å²) >= 11 is 3.49. The topological polar surface area (TPSA) is 27.7 Å². The fraction of sp³-hybridized carbons (Fsp3) is 0.600. The Morgan fingerprint density at radius 2 is 1.80 bits per heavy atom. The van der Waals surface area contributed by atoms with Gasteiger partial charge in [-0.05, 0) is 69.1 Å². The first-order valence-corrected chi connectivity index (χ1v) is 9.56. The number of aryl methyl sites for hydroxylation is 1.